The van der Waals surface area contributed by atoms with E-state index < -0.39 is 18.0 Å². The molecular formula is C17H19F3N4O. The van der Waals surface area contributed by atoms with Crippen LogP contribution in [0.1, 0.15) is 41.9 Å². The summed E-state index contributed by atoms with van der Waals surface area (Å²) in [5.41, 5.74) is -0.108. The minimum atomic E-state index is -4.32. The Kier molecular flexibility index (Phi) is 4.04. The fraction of sp³-hybridized carbons (Fsp3) is 0.529. The van der Waals surface area contributed by atoms with Crippen molar-refractivity contribution in [3.63, 3.8) is 0 Å². The molecule has 1 unspecified atom stereocenters. The van der Waals surface area contributed by atoms with Gasteiger partial charge >= 0.3 is 6.18 Å². The molecule has 0 amide bonds. The minimum Gasteiger partial charge on any atom is -0.371 e. The fourth-order valence-electron chi connectivity index (χ4n) is 4.41. The summed E-state index contributed by atoms with van der Waals surface area (Å²) in [5, 5.41) is 16.8. The van der Waals surface area contributed by atoms with Crippen molar-refractivity contribution in [3.05, 3.63) is 47.5 Å². The molecule has 2 aromatic rings. The molecule has 5 nitrogen and oxygen atoms in total. The van der Waals surface area contributed by atoms with Gasteiger partial charge in [-0.1, -0.05) is 18.2 Å². The first-order chi connectivity index (χ1) is 11.9. The molecule has 1 aromatic heterocycles. The van der Waals surface area contributed by atoms with Crippen molar-refractivity contribution in [2.75, 3.05) is 13.1 Å². The Morgan fingerprint density at radius 2 is 1.84 bits per heavy atom. The summed E-state index contributed by atoms with van der Waals surface area (Å²) >= 11 is 0. The van der Waals surface area contributed by atoms with Crippen LogP contribution in [-0.2, 0) is 6.18 Å². The van der Waals surface area contributed by atoms with Gasteiger partial charge in [0.25, 0.3) is 0 Å². The zero-order valence-corrected chi connectivity index (χ0v) is 13.4. The maximum atomic E-state index is 13.3. The van der Waals surface area contributed by atoms with Crippen LogP contribution in [-0.4, -0.2) is 38.3 Å². The third kappa shape index (κ3) is 3.04. The van der Waals surface area contributed by atoms with Gasteiger partial charge in [0.2, 0.25) is 0 Å². The van der Waals surface area contributed by atoms with Gasteiger partial charge in [0, 0.05) is 13.1 Å². The number of rotatable bonds is 3. The third-order valence-electron chi connectivity index (χ3n) is 5.50. The van der Waals surface area contributed by atoms with Gasteiger partial charge in [0.05, 0.1) is 5.56 Å². The summed E-state index contributed by atoms with van der Waals surface area (Å²) in [4.78, 5) is 5.88. The van der Waals surface area contributed by atoms with Crippen LogP contribution in [0.3, 0.4) is 0 Å². The Morgan fingerprint density at radius 3 is 2.44 bits per heavy atom. The number of fused-ring (bicyclic) bond motifs is 1. The predicted molar refractivity (Wildman–Crippen MR) is 83.3 cm³/mol. The largest absolute Gasteiger partial charge is 0.416 e. The van der Waals surface area contributed by atoms with E-state index in [0.29, 0.717) is 36.3 Å². The average molecular weight is 352 g/mol. The van der Waals surface area contributed by atoms with Crippen molar-refractivity contribution in [3.8, 4) is 0 Å². The summed E-state index contributed by atoms with van der Waals surface area (Å²) in [6.45, 7) is 1.32. The zero-order valence-electron chi connectivity index (χ0n) is 13.4. The normalized spacial score (nSPS) is 28.2. The predicted octanol–water partition coefficient (Wildman–Crippen LogP) is 2.94. The van der Waals surface area contributed by atoms with Crippen LogP contribution in [0.15, 0.2) is 30.6 Å². The van der Waals surface area contributed by atoms with Crippen LogP contribution in [0.4, 0.5) is 13.2 Å². The molecule has 134 valence electrons. The maximum Gasteiger partial charge on any atom is 0.416 e. The molecule has 25 heavy (non-hydrogen) atoms. The van der Waals surface area contributed by atoms with Crippen LogP contribution in [0.25, 0.3) is 0 Å². The van der Waals surface area contributed by atoms with Crippen molar-refractivity contribution < 1.29 is 18.3 Å². The fourth-order valence-corrected chi connectivity index (χ4v) is 4.41. The van der Waals surface area contributed by atoms with E-state index in [2.05, 4.69) is 15.2 Å². The SMILES string of the molecule is OC(c1nc[nH]n1)N1C[C@H]2C[C@@H](c3ccccc3C(F)(F)F)C[C@H]2C1. The molecule has 4 atom stereocenters. The first kappa shape index (κ1) is 16.5. The molecular weight excluding hydrogens is 333 g/mol. The standard InChI is InChI=1S/C17H19F3N4O/c18-17(19,20)14-4-2-1-3-13(14)10-5-11-7-24(8-12(11)6-10)16(25)15-21-9-22-23-15/h1-4,9-12,16,25H,5-8H2,(H,21,22,23)/t10-,11-,12+,16?. The topological polar surface area (TPSA) is 65.0 Å². The van der Waals surface area contributed by atoms with Crippen LogP contribution in [0, 0.1) is 11.8 Å². The number of benzene rings is 1. The smallest absolute Gasteiger partial charge is 0.371 e. The lowest BCUT2D eigenvalue weighted by atomic mass is 9.91. The number of alkyl halides is 3. The molecule has 0 radical (unpaired) electrons. The number of nitrogens with one attached hydrogen (secondary N) is 1. The monoisotopic (exact) mass is 352 g/mol. The van der Waals surface area contributed by atoms with Gasteiger partial charge < -0.3 is 5.11 Å². The molecule has 8 heteroatoms. The quantitative estimate of drug-likeness (QED) is 0.891. The Morgan fingerprint density at radius 1 is 1.16 bits per heavy atom. The molecule has 1 aliphatic carbocycles. The summed E-state index contributed by atoms with van der Waals surface area (Å²) < 4.78 is 39.8. The Balaban J connectivity index is 1.47. The van der Waals surface area contributed by atoms with Gasteiger partial charge in [0.15, 0.2) is 12.1 Å². The third-order valence-corrected chi connectivity index (χ3v) is 5.50. The van der Waals surface area contributed by atoms with Gasteiger partial charge in [0.1, 0.15) is 6.33 Å². The second kappa shape index (κ2) is 6.10. The summed E-state index contributed by atoms with van der Waals surface area (Å²) in [5.74, 6) is 0.842. The number of nitrogens with zero attached hydrogens (tertiary/aromatic N) is 3. The number of halogens is 3. The molecule has 1 aromatic carbocycles. The first-order valence-electron chi connectivity index (χ1n) is 8.37. The van der Waals surface area contributed by atoms with Gasteiger partial charge in [-0.15, -0.1) is 0 Å². The van der Waals surface area contributed by atoms with Gasteiger partial charge in [-0.25, -0.2) is 4.98 Å². The summed E-state index contributed by atoms with van der Waals surface area (Å²) in [6.07, 6.45) is -2.33. The second-order valence-corrected chi connectivity index (χ2v) is 6.96. The molecule has 4 rings (SSSR count). The van der Waals surface area contributed by atoms with Gasteiger partial charge in [-0.3, -0.25) is 10.00 Å². The molecule has 2 heterocycles. The number of aromatic nitrogens is 3. The van der Waals surface area contributed by atoms with E-state index in [1.165, 1.54) is 18.5 Å². The molecule has 1 saturated heterocycles. The molecule has 2 N–H and O–H groups in total. The lowest BCUT2D eigenvalue weighted by Gasteiger charge is -2.23. The highest BCUT2D eigenvalue weighted by atomic mass is 19.4. The number of hydrogen-bond donors (Lipinski definition) is 2. The van der Waals surface area contributed by atoms with E-state index in [9.17, 15) is 18.3 Å². The van der Waals surface area contributed by atoms with Crippen molar-refractivity contribution in [2.24, 2.45) is 11.8 Å². The molecule has 1 saturated carbocycles. The van der Waals surface area contributed by atoms with E-state index >= 15 is 0 Å². The molecule has 1 aliphatic heterocycles. The van der Waals surface area contributed by atoms with Crippen LogP contribution in [0.2, 0.25) is 0 Å². The highest BCUT2D eigenvalue weighted by Crippen LogP contribution is 2.49. The van der Waals surface area contributed by atoms with Crippen molar-refractivity contribution in [2.45, 2.75) is 31.2 Å². The molecule has 2 fully saturated rings. The molecule has 0 bridgehead atoms. The lowest BCUT2D eigenvalue weighted by Crippen LogP contribution is -2.28. The Bertz CT molecular complexity index is 720. The highest BCUT2D eigenvalue weighted by molar-refractivity contribution is 5.34. The van der Waals surface area contributed by atoms with Crippen molar-refractivity contribution >= 4 is 0 Å². The van der Waals surface area contributed by atoms with E-state index in [1.54, 1.807) is 12.1 Å². The summed E-state index contributed by atoms with van der Waals surface area (Å²) in [7, 11) is 0. The zero-order chi connectivity index (χ0) is 17.6. The number of likely N-dealkylation sites (tertiary alicyclic amines) is 1. The van der Waals surface area contributed by atoms with E-state index in [4.69, 9.17) is 0 Å². The lowest BCUT2D eigenvalue weighted by molar-refractivity contribution is -0.138. The highest BCUT2D eigenvalue weighted by Gasteiger charge is 2.45. The van der Waals surface area contributed by atoms with Crippen LogP contribution >= 0.6 is 0 Å². The van der Waals surface area contributed by atoms with E-state index in [-0.39, 0.29) is 5.92 Å². The van der Waals surface area contributed by atoms with Gasteiger partial charge in [-0.05, 0) is 42.2 Å². The first-order valence-corrected chi connectivity index (χ1v) is 8.37. The maximum absolute atomic E-state index is 13.3. The van der Waals surface area contributed by atoms with Crippen LogP contribution < -0.4 is 0 Å². The Hall–Kier alpha value is -1.93. The summed E-state index contributed by atoms with van der Waals surface area (Å²) in [6, 6.07) is 5.90. The second-order valence-electron chi connectivity index (χ2n) is 6.96. The van der Waals surface area contributed by atoms with E-state index in [1.807, 2.05) is 4.90 Å². The number of hydrogen-bond acceptors (Lipinski definition) is 4. The number of aliphatic hydroxyl groups is 1. The molecule has 2 aliphatic rings. The Labute approximate surface area is 142 Å². The van der Waals surface area contributed by atoms with Crippen LogP contribution in [0.5, 0.6) is 0 Å². The van der Waals surface area contributed by atoms with Crippen molar-refractivity contribution in [1.82, 2.24) is 20.1 Å². The van der Waals surface area contributed by atoms with E-state index in [0.717, 1.165) is 12.8 Å². The molecule has 0 spiro atoms. The van der Waals surface area contributed by atoms with Crippen molar-refractivity contribution in [1.29, 1.82) is 0 Å². The number of aliphatic hydroxyl groups excluding tert-OH is 1. The van der Waals surface area contributed by atoms with Gasteiger partial charge in [-0.2, -0.15) is 18.3 Å². The minimum absolute atomic E-state index is 0.0735. The number of aromatic amines is 1. The number of H-pyrrole nitrogens is 1. The average Bonchev–Trinajstić information content (AvgIpc) is 3.29.